The van der Waals surface area contributed by atoms with E-state index in [2.05, 4.69) is 24.5 Å². The van der Waals surface area contributed by atoms with Crippen molar-refractivity contribution in [1.82, 2.24) is 10.6 Å². The molecule has 1 aliphatic rings. The molecule has 0 aromatic rings. The number of carbonyl (C=O) groups excluding carboxylic acids is 1. The Morgan fingerprint density at radius 1 is 1.26 bits per heavy atom. The molecule has 0 radical (unpaired) electrons. The molecule has 0 bridgehead atoms. The van der Waals surface area contributed by atoms with E-state index in [1.807, 2.05) is 6.92 Å². The minimum Gasteiger partial charge on any atom is -0.396 e. The predicted molar refractivity (Wildman–Crippen MR) is 77.8 cm³/mol. The molecule has 0 aliphatic heterocycles. The van der Waals surface area contributed by atoms with Crippen molar-refractivity contribution in [3.05, 3.63) is 0 Å². The van der Waals surface area contributed by atoms with Crippen LogP contribution in [0.15, 0.2) is 0 Å². The fourth-order valence-electron chi connectivity index (χ4n) is 2.68. The molecule has 0 aromatic carbocycles. The summed E-state index contributed by atoms with van der Waals surface area (Å²) in [5.74, 6) is 1.64. The Morgan fingerprint density at radius 3 is 2.58 bits per heavy atom. The van der Waals surface area contributed by atoms with Gasteiger partial charge in [0.05, 0.1) is 6.04 Å². The third-order valence-corrected chi connectivity index (χ3v) is 4.15. The fraction of sp³-hybridized carbons (Fsp3) is 0.933. The van der Waals surface area contributed by atoms with E-state index in [1.165, 1.54) is 12.8 Å². The summed E-state index contributed by atoms with van der Waals surface area (Å²) in [6, 6.07) is -0.146. The maximum atomic E-state index is 11.9. The van der Waals surface area contributed by atoms with Gasteiger partial charge in [-0.05, 0) is 50.5 Å². The van der Waals surface area contributed by atoms with Crippen LogP contribution in [0.2, 0.25) is 0 Å². The van der Waals surface area contributed by atoms with Gasteiger partial charge in [0.25, 0.3) is 0 Å². The molecule has 0 saturated heterocycles. The summed E-state index contributed by atoms with van der Waals surface area (Å²) in [6.45, 7) is 8.09. The predicted octanol–water partition coefficient (Wildman–Crippen LogP) is 1.54. The van der Waals surface area contributed by atoms with Gasteiger partial charge in [-0.2, -0.15) is 0 Å². The van der Waals surface area contributed by atoms with Gasteiger partial charge >= 0.3 is 0 Å². The van der Waals surface area contributed by atoms with Gasteiger partial charge < -0.3 is 15.7 Å². The van der Waals surface area contributed by atoms with E-state index in [0.29, 0.717) is 17.8 Å². The van der Waals surface area contributed by atoms with Gasteiger partial charge in [-0.3, -0.25) is 4.79 Å². The summed E-state index contributed by atoms with van der Waals surface area (Å²) in [6.07, 6.45) is 4.51. The van der Waals surface area contributed by atoms with Crippen molar-refractivity contribution in [2.45, 2.75) is 52.5 Å². The average Bonchev–Trinajstić information content (AvgIpc) is 2.82. The molecule has 4 nitrogen and oxygen atoms in total. The van der Waals surface area contributed by atoms with Crippen molar-refractivity contribution >= 4 is 5.91 Å². The van der Waals surface area contributed by atoms with Crippen LogP contribution in [-0.4, -0.2) is 36.8 Å². The van der Waals surface area contributed by atoms with Gasteiger partial charge in [0.1, 0.15) is 0 Å². The van der Waals surface area contributed by atoms with E-state index in [9.17, 15) is 9.90 Å². The van der Waals surface area contributed by atoms with Crippen LogP contribution in [0.3, 0.4) is 0 Å². The van der Waals surface area contributed by atoms with E-state index in [-0.39, 0.29) is 18.6 Å². The smallest absolute Gasteiger partial charge is 0.236 e. The van der Waals surface area contributed by atoms with Gasteiger partial charge in [0.2, 0.25) is 5.91 Å². The fourth-order valence-corrected chi connectivity index (χ4v) is 2.68. The van der Waals surface area contributed by atoms with E-state index in [1.54, 1.807) is 0 Å². The average molecular weight is 270 g/mol. The second kappa shape index (κ2) is 8.54. The Balaban J connectivity index is 2.19. The van der Waals surface area contributed by atoms with Crippen molar-refractivity contribution in [1.29, 1.82) is 0 Å². The molecule has 112 valence electrons. The lowest BCUT2D eigenvalue weighted by Crippen LogP contribution is -2.44. The van der Waals surface area contributed by atoms with E-state index in [0.717, 1.165) is 25.9 Å². The summed E-state index contributed by atoms with van der Waals surface area (Å²) >= 11 is 0. The Morgan fingerprint density at radius 2 is 1.95 bits per heavy atom. The quantitative estimate of drug-likeness (QED) is 0.627. The van der Waals surface area contributed by atoms with Crippen molar-refractivity contribution in [3.8, 4) is 0 Å². The van der Waals surface area contributed by atoms with Crippen LogP contribution in [0, 0.1) is 17.8 Å². The van der Waals surface area contributed by atoms with Gasteiger partial charge in [-0.15, -0.1) is 0 Å². The molecule has 4 heteroatoms. The highest BCUT2D eigenvalue weighted by Gasteiger charge is 2.27. The second-order valence-corrected chi connectivity index (χ2v) is 6.24. The molecule has 1 rings (SSSR count). The van der Waals surface area contributed by atoms with E-state index in [4.69, 9.17) is 0 Å². The molecule has 19 heavy (non-hydrogen) atoms. The van der Waals surface area contributed by atoms with Crippen LogP contribution in [0.4, 0.5) is 0 Å². The monoisotopic (exact) mass is 270 g/mol. The van der Waals surface area contributed by atoms with E-state index < -0.39 is 0 Å². The molecule has 0 spiro atoms. The second-order valence-electron chi connectivity index (χ2n) is 6.24. The Hall–Kier alpha value is -0.610. The van der Waals surface area contributed by atoms with Crippen LogP contribution in [0.1, 0.15) is 46.5 Å². The molecule has 0 heterocycles. The summed E-state index contributed by atoms with van der Waals surface area (Å²) in [7, 11) is 0. The Bertz CT molecular complexity index is 269. The van der Waals surface area contributed by atoms with Crippen LogP contribution in [-0.2, 0) is 4.79 Å². The molecule has 0 aromatic heterocycles. The number of carbonyl (C=O) groups is 1. The van der Waals surface area contributed by atoms with Crippen molar-refractivity contribution in [2.24, 2.45) is 17.8 Å². The van der Waals surface area contributed by atoms with Crippen molar-refractivity contribution in [2.75, 3.05) is 19.7 Å². The number of aliphatic hydroxyl groups excluding tert-OH is 1. The first-order valence-corrected chi connectivity index (χ1v) is 7.66. The maximum Gasteiger partial charge on any atom is 0.236 e. The van der Waals surface area contributed by atoms with Crippen LogP contribution in [0.5, 0.6) is 0 Å². The molecular weight excluding hydrogens is 240 g/mol. The number of nitrogens with one attached hydrogen (secondary N) is 2. The van der Waals surface area contributed by atoms with Gasteiger partial charge in [0, 0.05) is 13.2 Å². The molecule has 1 saturated carbocycles. The number of hydrogen-bond donors (Lipinski definition) is 3. The molecule has 1 aliphatic carbocycles. The molecule has 3 atom stereocenters. The number of hydrogen-bond acceptors (Lipinski definition) is 3. The van der Waals surface area contributed by atoms with Crippen LogP contribution < -0.4 is 10.6 Å². The Kier molecular flexibility index (Phi) is 7.39. The largest absolute Gasteiger partial charge is 0.396 e. The zero-order valence-electron chi connectivity index (χ0n) is 12.6. The third-order valence-electron chi connectivity index (χ3n) is 4.15. The minimum absolute atomic E-state index is 0.0826. The first kappa shape index (κ1) is 16.4. The molecule has 1 fully saturated rings. The maximum absolute atomic E-state index is 11.9. The number of aliphatic hydroxyl groups is 1. The van der Waals surface area contributed by atoms with Gasteiger partial charge in [-0.25, -0.2) is 0 Å². The SMILES string of the molecule is CC(C)CCNC(=O)C(C)NCC1CCCC1CO. The highest BCUT2D eigenvalue weighted by Crippen LogP contribution is 2.30. The third kappa shape index (κ3) is 5.91. The lowest BCUT2D eigenvalue weighted by atomic mass is 9.97. The molecule has 3 unspecified atom stereocenters. The standard InChI is InChI=1S/C15H30N2O2/c1-11(2)7-8-16-15(19)12(3)17-9-13-5-4-6-14(13)10-18/h11-14,17-18H,4-10H2,1-3H3,(H,16,19). The van der Waals surface area contributed by atoms with E-state index >= 15 is 0 Å². The van der Waals surface area contributed by atoms with Crippen molar-refractivity contribution in [3.63, 3.8) is 0 Å². The lowest BCUT2D eigenvalue weighted by Gasteiger charge is -2.21. The van der Waals surface area contributed by atoms with Gasteiger partial charge in [0.15, 0.2) is 0 Å². The Labute approximate surface area is 117 Å². The number of amides is 1. The minimum atomic E-state index is -0.146. The summed E-state index contributed by atoms with van der Waals surface area (Å²) in [5.41, 5.74) is 0. The topological polar surface area (TPSA) is 61.4 Å². The van der Waals surface area contributed by atoms with Crippen LogP contribution in [0.25, 0.3) is 0 Å². The molecule has 1 amide bonds. The normalized spacial score (nSPS) is 24.7. The first-order chi connectivity index (χ1) is 9.04. The van der Waals surface area contributed by atoms with Crippen molar-refractivity contribution < 1.29 is 9.90 Å². The zero-order valence-corrected chi connectivity index (χ0v) is 12.6. The summed E-state index contributed by atoms with van der Waals surface area (Å²) < 4.78 is 0. The first-order valence-electron chi connectivity index (χ1n) is 7.66. The van der Waals surface area contributed by atoms with Crippen LogP contribution >= 0.6 is 0 Å². The highest BCUT2D eigenvalue weighted by atomic mass is 16.3. The zero-order chi connectivity index (χ0) is 14.3. The van der Waals surface area contributed by atoms with Gasteiger partial charge in [-0.1, -0.05) is 20.3 Å². The summed E-state index contributed by atoms with van der Waals surface area (Å²) in [5, 5.41) is 15.5. The number of rotatable bonds is 8. The highest BCUT2D eigenvalue weighted by molar-refractivity contribution is 5.81. The summed E-state index contributed by atoms with van der Waals surface area (Å²) in [4.78, 5) is 11.9. The lowest BCUT2D eigenvalue weighted by molar-refractivity contribution is -0.122. The molecular formula is C15H30N2O2. The molecule has 3 N–H and O–H groups in total.